The first kappa shape index (κ1) is 24.2. The number of nitrogens with one attached hydrogen (secondary N) is 2. The Labute approximate surface area is 180 Å². The van der Waals surface area contributed by atoms with Crippen LogP contribution in [0.15, 0.2) is 24.3 Å². The zero-order valence-electron chi connectivity index (χ0n) is 14.9. The summed E-state index contributed by atoms with van der Waals surface area (Å²) in [6, 6.07) is 5.63. The van der Waals surface area contributed by atoms with E-state index in [1.165, 1.54) is 11.8 Å². The third-order valence-electron chi connectivity index (χ3n) is 3.57. The number of aliphatic carboxylic acids is 2. The molecule has 0 saturated carbocycles. The van der Waals surface area contributed by atoms with Crippen LogP contribution in [0.5, 0.6) is 0 Å². The van der Waals surface area contributed by atoms with Crippen molar-refractivity contribution in [1.29, 1.82) is 0 Å². The number of benzene rings is 1. The van der Waals surface area contributed by atoms with Crippen LogP contribution >= 0.6 is 34.4 Å². The maximum absolute atomic E-state index is 12.2. The number of carboxylic acids is 2. The maximum Gasteiger partial charge on any atom is 0.322 e. The smallest absolute Gasteiger partial charge is 0.322 e. The lowest BCUT2D eigenvalue weighted by Gasteiger charge is -2.18. The number of amides is 2. The molecular weight excluding hydrogens is 501 g/mol. The van der Waals surface area contributed by atoms with Crippen molar-refractivity contribution < 1.29 is 29.4 Å². The highest BCUT2D eigenvalue weighted by molar-refractivity contribution is 14.1. The van der Waals surface area contributed by atoms with Crippen molar-refractivity contribution >= 4 is 58.1 Å². The van der Waals surface area contributed by atoms with Crippen molar-refractivity contribution in [2.24, 2.45) is 5.73 Å². The van der Waals surface area contributed by atoms with E-state index in [1.54, 1.807) is 0 Å². The Morgan fingerprint density at radius 1 is 1.18 bits per heavy atom. The van der Waals surface area contributed by atoms with Gasteiger partial charge in [-0.15, -0.1) is 0 Å². The Morgan fingerprint density at radius 2 is 1.86 bits per heavy atom. The van der Waals surface area contributed by atoms with Crippen LogP contribution in [-0.2, 0) is 24.9 Å². The molecule has 2 atom stereocenters. The first-order chi connectivity index (χ1) is 13.2. The second kappa shape index (κ2) is 12.6. The molecular formula is C17H22IN3O6S. The van der Waals surface area contributed by atoms with Gasteiger partial charge in [0.15, 0.2) is 0 Å². The summed E-state index contributed by atoms with van der Waals surface area (Å²) in [7, 11) is 0. The molecule has 1 aromatic rings. The number of carboxylic acid groups (broad SMARTS) is 2. The van der Waals surface area contributed by atoms with Gasteiger partial charge in [0, 0.05) is 21.5 Å². The fourth-order valence-corrected chi connectivity index (χ4v) is 3.94. The molecule has 6 N–H and O–H groups in total. The highest BCUT2D eigenvalue weighted by atomic mass is 127. The number of carbonyl (C=O) groups is 4. The van der Waals surface area contributed by atoms with E-state index in [0.717, 1.165) is 9.13 Å². The minimum atomic E-state index is -1.21. The normalized spacial score (nSPS) is 12.6. The molecule has 0 aromatic heterocycles. The molecule has 0 aliphatic carbocycles. The summed E-state index contributed by atoms with van der Waals surface area (Å²) in [6.45, 7) is -0.559. The van der Waals surface area contributed by atoms with Crippen molar-refractivity contribution in [3.05, 3.63) is 33.4 Å². The quantitative estimate of drug-likeness (QED) is 0.246. The van der Waals surface area contributed by atoms with Crippen molar-refractivity contribution in [3.8, 4) is 0 Å². The Hall–Kier alpha value is -1.86. The lowest BCUT2D eigenvalue weighted by Crippen LogP contribution is -2.49. The molecule has 1 aromatic carbocycles. The molecule has 2 amide bonds. The van der Waals surface area contributed by atoms with Gasteiger partial charge < -0.3 is 26.6 Å². The summed E-state index contributed by atoms with van der Waals surface area (Å²) >= 11 is 3.62. The van der Waals surface area contributed by atoms with E-state index >= 15 is 0 Å². The SMILES string of the molecule is N[C@@H](CCC(=O)N[C@@H](CSCc1ccccc1I)C(=O)NCC(=O)O)C(=O)O. The van der Waals surface area contributed by atoms with Crippen LogP contribution in [0.2, 0.25) is 0 Å². The number of carbonyl (C=O) groups excluding carboxylic acids is 2. The van der Waals surface area contributed by atoms with Gasteiger partial charge in [-0.3, -0.25) is 19.2 Å². The van der Waals surface area contributed by atoms with E-state index in [1.807, 2.05) is 24.3 Å². The summed E-state index contributed by atoms with van der Waals surface area (Å²) in [5.41, 5.74) is 6.45. The summed E-state index contributed by atoms with van der Waals surface area (Å²) < 4.78 is 1.08. The number of rotatable bonds is 12. The average Bonchev–Trinajstić information content (AvgIpc) is 2.64. The standard InChI is InChI=1S/C17H22IN3O6S/c18-11-4-2-1-3-10(11)8-28-9-13(16(25)20-7-15(23)24)21-14(22)6-5-12(19)17(26)27/h1-4,12-13H,5-9,19H2,(H,20,25)(H,21,22)(H,23,24)(H,26,27)/t12-,13-/m0/s1. The molecule has 11 heteroatoms. The van der Waals surface area contributed by atoms with E-state index in [9.17, 15) is 19.2 Å². The minimum absolute atomic E-state index is 0.0695. The highest BCUT2D eigenvalue weighted by Crippen LogP contribution is 2.19. The molecule has 0 spiro atoms. The molecule has 0 aliphatic rings. The van der Waals surface area contributed by atoms with Gasteiger partial charge in [-0.05, 0) is 40.6 Å². The molecule has 28 heavy (non-hydrogen) atoms. The number of halogens is 1. The highest BCUT2D eigenvalue weighted by Gasteiger charge is 2.22. The van der Waals surface area contributed by atoms with E-state index in [0.29, 0.717) is 5.75 Å². The second-order valence-electron chi connectivity index (χ2n) is 5.82. The van der Waals surface area contributed by atoms with Gasteiger partial charge in [0.05, 0.1) is 0 Å². The molecule has 0 unspecified atom stereocenters. The zero-order valence-corrected chi connectivity index (χ0v) is 17.9. The Balaban J connectivity index is 2.63. The van der Waals surface area contributed by atoms with Crippen LogP contribution in [-0.4, -0.2) is 58.3 Å². The van der Waals surface area contributed by atoms with Gasteiger partial charge >= 0.3 is 11.9 Å². The maximum atomic E-state index is 12.2. The number of hydrogen-bond donors (Lipinski definition) is 5. The third-order valence-corrected chi connectivity index (χ3v) is 5.70. The predicted octanol–water partition coefficient (Wildman–Crippen LogP) is 0.402. The average molecular weight is 523 g/mol. The second-order valence-corrected chi connectivity index (χ2v) is 8.01. The Morgan fingerprint density at radius 3 is 2.46 bits per heavy atom. The van der Waals surface area contributed by atoms with Gasteiger partial charge in [-0.1, -0.05) is 18.2 Å². The molecule has 0 bridgehead atoms. The first-order valence-corrected chi connectivity index (χ1v) is 10.5. The summed E-state index contributed by atoms with van der Waals surface area (Å²) in [5.74, 6) is -2.71. The molecule has 0 radical (unpaired) electrons. The lowest BCUT2D eigenvalue weighted by atomic mass is 10.1. The fraction of sp³-hybridized carbons (Fsp3) is 0.412. The predicted molar refractivity (Wildman–Crippen MR) is 113 cm³/mol. The number of thioether (sulfide) groups is 1. The van der Waals surface area contributed by atoms with Gasteiger partial charge in [-0.25, -0.2) is 0 Å². The van der Waals surface area contributed by atoms with E-state index in [4.69, 9.17) is 15.9 Å². The number of nitrogens with two attached hydrogens (primary N) is 1. The van der Waals surface area contributed by atoms with Crippen molar-refractivity contribution in [2.45, 2.75) is 30.7 Å². The van der Waals surface area contributed by atoms with E-state index in [2.05, 4.69) is 33.2 Å². The third kappa shape index (κ3) is 9.37. The van der Waals surface area contributed by atoms with Crippen molar-refractivity contribution in [1.82, 2.24) is 10.6 Å². The van der Waals surface area contributed by atoms with Gasteiger partial charge in [0.2, 0.25) is 11.8 Å². The molecule has 1 rings (SSSR count). The summed E-state index contributed by atoms with van der Waals surface area (Å²) in [5, 5.41) is 22.2. The molecule has 0 heterocycles. The van der Waals surface area contributed by atoms with Crippen molar-refractivity contribution in [3.63, 3.8) is 0 Å². The Kier molecular flexibility index (Phi) is 10.9. The van der Waals surface area contributed by atoms with Crippen LogP contribution in [0.3, 0.4) is 0 Å². The van der Waals surface area contributed by atoms with Gasteiger partial charge in [0.25, 0.3) is 0 Å². The summed E-state index contributed by atoms with van der Waals surface area (Å²) in [4.78, 5) is 45.6. The van der Waals surface area contributed by atoms with E-state index < -0.39 is 42.4 Å². The Bertz CT molecular complexity index is 718. The monoisotopic (exact) mass is 523 g/mol. The van der Waals surface area contributed by atoms with Crippen LogP contribution in [0.25, 0.3) is 0 Å². The largest absolute Gasteiger partial charge is 0.480 e. The van der Waals surface area contributed by atoms with Crippen LogP contribution in [0, 0.1) is 3.57 Å². The van der Waals surface area contributed by atoms with Gasteiger partial charge in [0.1, 0.15) is 18.6 Å². The zero-order chi connectivity index (χ0) is 21.1. The van der Waals surface area contributed by atoms with Crippen LogP contribution < -0.4 is 16.4 Å². The van der Waals surface area contributed by atoms with Crippen LogP contribution in [0.4, 0.5) is 0 Å². The van der Waals surface area contributed by atoms with Crippen molar-refractivity contribution in [2.75, 3.05) is 12.3 Å². The fourth-order valence-electron chi connectivity index (χ4n) is 2.05. The molecule has 0 saturated heterocycles. The van der Waals surface area contributed by atoms with Crippen LogP contribution in [0.1, 0.15) is 18.4 Å². The lowest BCUT2D eigenvalue weighted by molar-refractivity contribution is -0.139. The molecule has 0 fully saturated rings. The molecule has 154 valence electrons. The first-order valence-electron chi connectivity index (χ1n) is 8.29. The number of hydrogen-bond acceptors (Lipinski definition) is 6. The van der Waals surface area contributed by atoms with Gasteiger partial charge in [-0.2, -0.15) is 11.8 Å². The minimum Gasteiger partial charge on any atom is -0.480 e. The molecule has 0 aliphatic heterocycles. The topological polar surface area (TPSA) is 159 Å². The van der Waals surface area contributed by atoms with E-state index in [-0.39, 0.29) is 18.6 Å². The summed E-state index contributed by atoms with van der Waals surface area (Å²) in [6.07, 6.45) is -0.225. The molecule has 9 nitrogen and oxygen atoms in total.